The van der Waals surface area contributed by atoms with Crippen molar-refractivity contribution in [3.63, 3.8) is 0 Å². The van der Waals surface area contributed by atoms with Crippen LogP contribution in [0.3, 0.4) is 0 Å². The monoisotopic (exact) mass is 176 g/mol. The van der Waals surface area contributed by atoms with Crippen LogP contribution in [0.1, 0.15) is 18.1 Å². The first-order chi connectivity index (χ1) is 6.22. The quantitative estimate of drug-likeness (QED) is 0.733. The van der Waals surface area contributed by atoms with E-state index < -0.39 is 0 Å². The second kappa shape index (κ2) is 4.67. The Bertz CT molecular complexity index is 292. The molecule has 0 radical (unpaired) electrons. The standard InChI is InChI=1S/C11H16N2/c1-9(2)13-8-11-5-3-4-10(6-11)7-12/h3-6,13H,1,7-8,12H2,2H3. The molecule has 0 unspecified atom stereocenters. The molecule has 0 saturated heterocycles. The van der Waals surface area contributed by atoms with Crippen molar-refractivity contribution in [2.45, 2.75) is 20.0 Å². The molecular weight excluding hydrogens is 160 g/mol. The van der Waals surface area contributed by atoms with E-state index in [1.807, 2.05) is 19.1 Å². The fraction of sp³-hybridized carbons (Fsp3) is 0.273. The predicted octanol–water partition coefficient (Wildman–Crippen LogP) is 1.77. The van der Waals surface area contributed by atoms with Gasteiger partial charge >= 0.3 is 0 Å². The first-order valence-corrected chi connectivity index (χ1v) is 4.39. The van der Waals surface area contributed by atoms with Crippen LogP contribution in [0.15, 0.2) is 36.5 Å². The van der Waals surface area contributed by atoms with Crippen LogP contribution in [0, 0.1) is 0 Å². The Morgan fingerprint density at radius 1 is 1.46 bits per heavy atom. The molecule has 0 bridgehead atoms. The second-order valence-corrected chi connectivity index (χ2v) is 3.16. The lowest BCUT2D eigenvalue weighted by Gasteiger charge is -2.06. The van der Waals surface area contributed by atoms with Crippen molar-refractivity contribution in [2.75, 3.05) is 0 Å². The highest BCUT2D eigenvalue weighted by Crippen LogP contribution is 2.04. The minimum Gasteiger partial charge on any atom is -0.385 e. The number of allylic oxidation sites excluding steroid dienone is 1. The van der Waals surface area contributed by atoms with Gasteiger partial charge < -0.3 is 11.1 Å². The lowest BCUT2D eigenvalue weighted by atomic mass is 10.1. The van der Waals surface area contributed by atoms with Gasteiger partial charge in [0.15, 0.2) is 0 Å². The molecule has 3 N–H and O–H groups in total. The maximum absolute atomic E-state index is 5.54. The molecule has 0 atom stereocenters. The van der Waals surface area contributed by atoms with Crippen LogP contribution >= 0.6 is 0 Å². The molecule has 1 aromatic rings. The Labute approximate surface area is 79.5 Å². The van der Waals surface area contributed by atoms with Gasteiger partial charge in [-0.3, -0.25) is 0 Å². The topological polar surface area (TPSA) is 38.0 Å². The van der Waals surface area contributed by atoms with E-state index in [1.165, 1.54) is 11.1 Å². The lowest BCUT2D eigenvalue weighted by Crippen LogP contribution is -2.09. The predicted molar refractivity (Wildman–Crippen MR) is 56.0 cm³/mol. The number of benzene rings is 1. The van der Waals surface area contributed by atoms with Gasteiger partial charge in [-0.2, -0.15) is 0 Å². The number of hydrogen-bond acceptors (Lipinski definition) is 2. The minimum atomic E-state index is 0.598. The van der Waals surface area contributed by atoms with Gasteiger partial charge in [0.05, 0.1) is 0 Å². The largest absolute Gasteiger partial charge is 0.385 e. The summed E-state index contributed by atoms with van der Waals surface area (Å²) in [6.45, 7) is 7.15. The fourth-order valence-electron chi connectivity index (χ4n) is 1.12. The molecule has 0 aliphatic rings. The summed E-state index contributed by atoms with van der Waals surface area (Å²) in [4.78, 5) is 0. The van der Waals surface area contributed by atoms with Crippen LogP contribution in [0.4, 0.5) is 0 Å². The van der Waals surface area contributed by atoms with E-state index in [9.17, 15) is 0 Å². The van der Waals surface area contributed by atoms with Crippen molar-refractivity contribution >= 4 is 0 Å². The van der Waals surface area contributed by atoms with Crippen molar-refractivity contribution < 1.29 is 0 Å². The Hall–Kier alpha value is -1.28. The van der Waals surface area contributed by atoms with Crippen molar-refractivity contribution in [1.82, 2.24) is 5.32 Å². The summed E-state index contributed by atoms with van der Waals surface area (Å²) in [5.74, 6) is 0. The van der Waals surface area contributed by atoms with Gasteiger partial charge in [0, 0.05) is 18.8 Å². The highest BCUT2D eigenvalue weighted by molar-refractivity contribution is 5.23. The van der Waals surface area contributed by atoms with Crippen LogP contribution in [0.5, 0.6) is 0 Å². The Morgan fingerprint density at radius 2 is 2.15 bits per heavy atom. The molecule has 2 nitrogen and oxygen atoms in total. The van der Waals surface area contributed by atoms with E-state index in [0.29, 0.717) is 6.54 Å². The average molecular weight is 176 g/mol. The van der Waals surface area contributed by atoms with Crippen LogP contribution in [0.25, 0.3) is 0 Å². The second-order valence-electron chi connectivity index (χ2n) is 3.16. The summed E-state index contributed by atoms with van der Waals surface area (Å²) in [6.07, 6.45) is 0. The van der Waals surface area contributed by atoms with Crippen molar-refractivity contribution in [3.8, 4) is 0 Å². The molecule has 1 aromatic carbocycles. The van der Waals surface area contributed by atoms with Crippen molar-refractivity contribution in [2.24, 2.45) is 5.73 Å². The molecule has 0 aliphatic heterocycles. The van der Waals surface area contributed by atoms with Crippen LogP contribution in [-0.4, -0.2) is 0 Å². The first kappa shape index (κ1) is 9.81. The summed E-state index contributed by atoms with van der Waals surface area (Å²) >= 11 is 0. The van der Waals surface area contributed by atoms with E-state index in [2.05, 4.69) is 24.0 Å². The van der Waals surface area contributed by atoms with Gasteiger partial charge in [0.25, 0.3) is 0 Å². The molecule has 0 saturated carbocycles. The summed E-state index contributed by atoms with van der Waals surface area (Å²) in [6, 6.07) is 8.24. The zero-order valence-electron chi connectivity index (χ0n) is 8.01. The minimum absolute atomic E-state index is 0.598. The van der Waals surface area contributed by atoms with Crippen LogP contribution in [0.2, 0.25) is 0 Å². The van der Waals surface area contributed by atoms with Gasteiger partial charge in [-0.15, -0.1) is 0 Å². The van der Waals surface area contributed by atoms with Gasteiger partial charge in [0.2, 0.25) is 0 Å². The highest BCUT2D eigenvalue weighted by Gasteiger charge is 1.93. The number of rotatable bonds is 4. The molecule has 0 heterocycles. The lowest BCUT2D eigenvalue weighted by molar-refractivity contribution is 0.813. The number of nitrogens with two attached hydrogens (primary N) is 1. The Kier molecular flexibility index (Phi) is 3.53. The Balaban J connectivity index is 2.61. The summed E-state index contributed by atoms with van der Waals surface area (Å²) in [5.41, 5.74) is 8.93. The molecule has 0 fully saturated rings. The number of nitrogens with one attached hydrogen (secondary N) is 1. The average Bonchev–Trinajstić information content (AvgIpc) is 2.15. The summed E-state index contributed by atoms with van der Waals surface area (Å²) in [7, 11) is 0. The van der Waals surface area contributed by atoms with E-state index in [1.54, 1.807) is 0 Å². The summed E-state index contributed by atoms with van der Waals surface area (Å²) < 4.78 is 0. The maximum Gasteiger partial charge on any atom is 0.0397 e. The van der Waals surface area contributed by atoms with Crippen LogP contribution < -0.4 is 11.1 Å². The van der Waals surface area contributed by atoms with Gasteiger partial charge in [-0.1, -0.05) is 30.8 Å². The van der Waals surface area contributed by atoms with Gasteiger partial charge in [-0.05, 0) is 18.1 Å². The fourth-order valence-corrected chi connectivity index (χ4v) is 1.12. The first-order valence-electron chi connectivity index (χ1n) is 4.39. The van der Waals surface area contributed by atoms with E-state index >= 15 is 0 Å². The van der Waals surface area contributed by atoms with E-state index in [-0.39, 0.29) is 0 Å². The third kappa shape index (κ3) is 3.30. The molecule has 0 aromatic heterocycles. The Morgan fingerprint density at radius 3 is 2.77 bits per heavy atom. The highest BCUT2D eigenvalue weighted by atomic mass is 14.9. The van der Waals surface area contributed by atoms with E-state index in [0.717, 1.165) is 12.2 Å². The summed E-state index contributed by atoms with van der Waals surface area (Å²) in [5, 5.41) is 3.18. The van der Waals surface area contributed by atoms with Crippen molar-refractivity contribution in [3.05, 3.63) is 47.7 Å². The molecule has 0 spiro atoms. The van der Waals surface area contributed by atoms with E-state index in [4.69, 9.17) is 5.73 Å². The molecule has 13 heavy (non-hydrogen) atoms. The zero-order chi connectivity index (χ0) is 9.68. The maximum atomic E-state index is 5.54. The molecular formula is C11H16N2. The molecule has 1 rings (SSSR count). The third-order valence-corrected chi connectivity index (χ3v) is 1.82. The zero-order valence-corrected chi connectivity index (χ0v) is 8.01. The van der Waals surface area contributed by atoms with Crippen molar-refractivity contribution in [1.29, 1.82) is 0 Å². The molecule has 2 heteroatoms. The van der Waals surface area contributed by atoms with Gasteiger partial charge in [0.1, 0.15) is 0 Å². The van der Waals surface area contributed by atoms with Gasteiger partial charge in [-0.25, -0.2) is 0 Å². The SMILES string of the molecule is C=C(C)NCc1cccc(CN)c1. The smallest absolute Gasteiger partial charge is 0.0397 e. The molecule has 0 amide bonds. The third-order valence-electron chi connectivity index (χ3n) is 1.82. The number of hydrogen-bond donors (Lipinski definition) is 2. The van der Waals surface area contributed by atoms with Crippen LogP contribution in [-0.2, 0) is 13.1 Å². The molecule has 70 valence electrons. The normalized spacial score (nSPS) is 9.69. The molecule has 0 aliphatic carbocycles.